The number of benzene rings is 1. The normalized spacial score (nSPS) is 6.81. The SMILES string of the molecule is C.Cc1ccccc1.O=C(O)O.O=C(O)O. The van der Waals surface area contributed by atoms with Crippen LogP contribution in [0.5, 0.6) is 0 Å². The number of hydrogen-bond donors (Lipinski definition) is 4. The molecule has 0 aliphatic heterocycles. The van der Waals surface area contributed by atoms with Gasteiger partial charge in [0, 0.05) is 0 Å². The molecule has 4 N–H and O–H groups in total. The highest BCUT2D eigenvalue weighted by Gasteiger charge is 1.72. The summed E-state index contributed by atoms with van der Waals surface area (Å²) in [5.41, 5.74) is 1.32. The zero-order valence-electron chi connectivity index (χ0n) is 7.99. The Morgan fingerprint density at radius 2 is 1.12 bits per heavy atom. The van der Waals surface area contributed by atoms with E-state index in [-0.39, 0.29) is 7.43 Å². The highest BCUT2D eigenvalue weighted by atomic mass is 16.6. The fourth-order valence-corrected chi connectivity index (χ4v) is 0.534. The predicted octanol–water partition coefficient (Wildman–Crippen LogP) is 3.08. The zero-order valence-corrected chi connectivity index (χ0v) is 7.99. The van der Waals surface area contributed by atoms with Gasteiger partial charge in [0.05, 0.1) is 0 Å². The summed E-state index contributed by atoms with van der Waals surface area (Å²) in [4.78, 5) is 17.1. The number of aryl methyl sites for hydroxylation is 1. The molecule has 0 saturated carbocycles. The molecule has 0 aromatic heterocycles. The summed E-state index contributed by atoms with van der Waals surface area (Å²) in [6.45, 7) is 2.08. The van der Waals surface area contributed by atoms with E-state index in [1.54, 1.807) is 0 Å². The van der Waals surface area contributed by atoms with Crippen LogP contribution < -0.4 is 0 Å². The molecule has 16 heavy (non-hydrogen) atoms. The highest BCUT2D eigenvalue weighted by molar-refractivity contribution is 5.53. The molecule has 0 fully saturated rings. The van der Waals surface area contributed by atoms with Gasteiger partial charge in [-0.2, -0.15) is 0 Å². The molecule has 0 saturated heterocycles. The third-order valence-corrected chi connectivity index (χ3v) is 0.940. The van der Waals surface area contributed by atoms with Crippen LogP contribution >= 0.6 is 0 Å². The molecular formula is C10H16O6. The maximum Gasteiger partial charge on any atom is 0.503 e. The van der Waals surface area contributed by atoms with Gasteiger partial charge in [-0.15, -0.1) is 0 Å². The third-order valence-electron chi connectivity index (χ3n) is 0.940. The van der Waals surface area contributed by atoms with Crippen LogP contribution in [0.15, 0.2) is 30.3 Å². The van der Waals surface area contributed by atoms with Crippen molar-refractivity contribution < 1.29 is 30.0 Å². The minimum Gasteiger partial charge on any atom is -0.450 e. The molecule has 0 spiro atoms. The molecule has 1 rings (SSSR count). The van der Waals surface area contributed by atoms with Gasteiger partial charge >= 0.3 is 12.3 Å². The van der Waals surface area contributed by atoms with E-state index in [4.69, 9.17) is 30.0 Å². The molecule has 1 aromatic carbocycles. The summed E-state index contributed by atoms with van der Waals surface area (Å²) < 4.78 is 0. The van der Waals surface area contributed by atoms with Crippen LogP contribution in [-0.2, 0) is 0 Å². The van der Waals surface area contributed by atoms with Crippen molar-refractivity contribution in [3.63, 3.8) is 0 Å². The quantitative estimate of drug-likeness (QED) is 0.546. The van der Waals surface area contributed by atoms with Crippen molar-refractivity contribution in [2.75, 3.05) is 0 Å². The maximum atomic E-state index is 8.56. The van der Waals surface area contributed by atoms with Gasteiger partial charge in [-0.3, -0.25) is 0 Å². The van der Waals surface area contributed by atoms with Gasteiger partial charge in [0.1, 0.15) is 0 Å². The number of carbonyl (C=O) groups is 2. The Morgan fingerprint density at radius 1 is 0.875 bits per heavy atom. The Kier molecular flexibility index (Phi) is 15.4. The second-order valence-corrected chi connectivity index (χ2v) is 2.22. The van der Waals surface area contributed by atoms with Crippen molar-refractivity contribution in [2.24, 2.45) is 0 Å². The fraction of sp³-hybridized carbons (Fsp3) is 0.200. The van der Waals surface area contributed by atoms with Crippen molar-refractivity contribution in [3.05, 3.63) is 35.9 Å². The van der Waals surface area contributed by atoms with Gasteiger partial charge in [0.25, 0.3) is 0 Å². The van der Waals surface area contributed by atoms with E-state index in [1.807, 2.05) is 18.2 Å². The Morgan fingerprint density at radius 3 is 1.25 bits per heavy atom. The van der Waals surface area contributed by atoms with Gasteiger partial charge < -0.3 is 20.4 Å². The minimum atomic E-state index is -1.83. The molecule has 0 radical (unpaired) electrons. The summed E-state index contributed by atoms with van der Waals surface area (Å²) in [5.74, 6) is 0. The van der Waals surface area contributed by atoms with Crippen molar-refractivity contribution in [3.8, 4) is 0 Å². The van der Waals surface area contributed by atoms with Crippen LogP contribution in [0.25, 0.3) is 0 Å². The molecule has 0 aliphatic carbocycles. The Balaban J connectivity index is -0.000000166. The van der Waals surface area contributed by atoms with Crippen LogP contribution in [0.2, 0.25) is 0 Å². The van der Waals surface area contributed by atoms with E-state index in [0.29, 0.717) is 0 Å². The molecule has 0 amide bonds. The monoisotopic (exact) mass is 232 g/mol. The van der Waals surface area contributed by atoms with E-state index in [2.05, 4.69) is 19.1 Å². The lowest BCUT2D eigenvalue weighted by molar-refractivity contribution is 0.135. The lowest BCUT2D eigenvalue weighted by atomic mass is 10.2. The van der Waals surface area contributed by atoms with Gasteiger partial charge in [-0.25, -0.2) is 9.59 Å². The van der Waals surface area contributed by atoms with Gasteiger partial charge in [0.15, 0.2) is 0 Å². The minimum absolute atomic E-state index is 0. The molecule has 0 aliphatic rings. The van der Waals surface area contributed by atoms with Crippen molar-refractivity contribution in [1.82, 2.24) is 0 Å². The lowest BCUT2D eigenvalue weighted by Gasteiger charge is -1.82. The largest absolute Gasteiger partial charge is 0.503 e. The summed E-state index contributed by atoms with van der Waals surface area (Å²) in [6, 6.07) is 10.3. The van der Waals surface area contributed by atoms with Gasteiger partial charge in [0.2, 0.25) is 0 Å². The van der Waals surface area contributed by atoms with Crippen LogP contribution in [-0.4, -0.2) is 32.7 Å². The first-order valence-corrected chi connectivity index (χ1v) is 3.71. The Bertz CT molecular complexity index is 263. The summed E-state index contributed by atoms with van der Waals surface area (Å²) in [7, 11) is 0. The van der Waals surface area contributed by atoms with E-state index in [1.165, 1.54) is 5.56 Å². The molecule has 0 unspecified atom stereocenters. The van der Waals surface area contributed by atoms with Gasteiger partial charge in [-0.1, -0.05) is 43.3 Å². The van der Waals surface area contributed by atoms with Crippen LogP contribution in [0.1, 0.15) is 13.0 Å². The molecule has 1 aromatic rings. The zero-order chi connectivity index (χ0) is 12.3. The van der Waals surface area contributed by atoms with Crippen LogP contribution in [0, 0.1) is 6.92 Å². The highest BCUT2D eigenvalue weighted by Crippen LogP contribution is 1.92. The van der Waals surface area contributed by atoms with Crippen LogP contribution in [0.4, 0.5) is 9.59 Å². The van der Waals surface area contributed by atoms with E-state index in [9.17, 15) is 0 Å². The fourth-order valence-electron chi connectivity index (χ4n) is 0.534. The van der Waals surface area contributed by atoms with Crippen LogP contribution in [0.3, 0.4) is 0 Å². The summed E-state index contributed by atoms with van der Waals surface area (Å²) in [6.07, 6.45) is -3.67. The molecule has 6 heteroatoms. The number of rotatable bonds is 0. The van der Waals surface area contributed by atoms with Crippen molar-refractivity contribution in [2.45, 2.75) is 14.4 Å². The molecule has 0 heterocycles. The Hall–Kier alpha value is -2.24. The summed E-state index contributed by atoms with van der Waals surface area (Å²) in [5, 5.41) is 27.9. The van der Waals surface area contributed by atoms with E-state index < -0.39 is 12.3 Å². The average molecular weight is 232 g/mol. The topological polar surface area (TPSA) is 115 Å². The molecular weight excluding hydrogens is 216 g/mol. The molecule has 0 atom stereocenters. The number of hydrogen-bond acceptors (Lipinski definition) is 2. The first-order valence-electron chi connectivity index (χ1n) is 3.71. The predicted molar refractivity (Wildman–Crippen MR) is 59.2 cm³/mol. The first-order chi connectivity index (χ1) is 6.86. The molecule has 6 nitrogen and oxygen atoms in total. The second kappa shape index (κ2) is 12.8. The van der Waals surface area contributed by atoms with E-state index in [0.717, 1.165) is 0 Å². The average Bonchev–Trinajstić information content (AvgIpc) is 2.03. The third kappa shape index (κ3) is 41.0. The summed E-state index contributed by atoms with van der Waals surface area (Å²) >= 11 is 0. The second-order valence-electron chi connectivity index (χ2n) is 2.22. The van der Waals surface area contributed by atoms with E-state index >= 15 is 0 Å². The smallest absolute Gasteiger partial charge is 0.450 e. The molecule has 0 bridgehead atoms. The first kappa shape index (κ1) is 19.4. The van der Waals surface area contributed by atoms with Gasteiger partial charge in [-0.05, 0) is 6.92 Å². The lowest BCUT2D eigenvalue weighted by Crippen LogP contribution is -1.81. The Labute approximate surface area is 93.4 Å². The van der Waals surface area contributed by atoms with Crippen molar-refractivity contribution in [1.29, 1.82) is 0 Å². The molecule has 92 valence electrons. The maximum absolute atomic E-state index is 8.56. The number of carboxylic acid groups (broad SMARTS) is 4. The standard InChI is InChI=1S/C7H8.2CH2O3.CH4/c1-7-5-3-2-4-6-7;2*2-1(3)4;/h2-6H,1H3;2*(H2,2,3,4);1H4. The van der Waals surface area contributed by atoms with Crippen molar-refractivity contribution >= 4 is 12.3 Å².